The van der Waals surface area contributed by atoms with Crippen molar-refractivity contribution in [3.05, 3.63) is 71.3 Å². The summed E-state index contributed by atoms with van der Waals surface area (Å²) >= 11 is 0. The second-order valence-electron chi connectivity index (χ2n) is 5.79. The molecule has 0 aliphatic rings. The Morgan fingerprint density at radius 2 is 1.68 bits per heavy atom. The minimum atomic E-state index is -0.249. The lowest BCUT2D eigenvalue weighted by molar-refractivity contribution is -0.120. The van der Waals surface area contributed by atoms with Crippen molar-refractivity contribution >= 4 is 11.8 Å². The number of carbonyl (C=O) groups excluding carboxylic acids is 2. The van der Waals surface area contributed by atoms with Crippen molar-refractivity contribution in [2.45, 2.75) is 20.0 Å². The van der Waals surface area contributed by atoms with Gasteiger partial charge in [0.1, 0.15) is 0 Å². The summed E-state index contributed by atoms with van der Waals surface area (Å²) in [5.74, 6) is -0.454. The Bertz CT molecular complexity index is 669. The lowest BCUT2D eigenvalue weighted by Crippen LogP contribution is -2.37. The number of aryl methyl sites for hydroxylation is 1. The Labute approximate surface area is 148 Å². The maximum atomic E-state index is 11.9. The summed E-state index contributed by atoms with van der Waals surface area (Å²) in [6.45, 7) is 3.59. The number of amides is 2. The van der Waals surface area contributed by atoms with Crippen molar-refractivity contribution in [3.8, 4) is 0 Å². The lowest BCUT2D eigenvalue weighted by atomic mass is 10.1. The van der Waals surface area contributed by atoms with Gasteiger partial charge < -0.3 is 15.4 Å². The van der Waals surface area contributed by atoms with Gasteiger partial charge in [-0.15, -0.1) is 0 Å². The molecule has 0 heterocycles. The molecule has 0 fully saturated rings. The van der Waals surface area contributed by atoms with Crippen LogP contribution in [-0.2, 0) is 16.1 Å². The van der Waals surface area contributed by atoms with E-state index >= 15 is 0 Å². The highest BCUT2D eigenvalue weighted by molar-refractivity contribution is 5.96. The topological polar surface area (TPSA) is 67.4 Å². The Balaban J connectivity index is 1.53. The molecule has 132 valence electrons. The standard InChI is InChI=1S/C20H24N2O3/c1-16-8-10-18(11-9-16)20(24)22-14-19(23)21-12-5-13-25-15-17-6-3-2-4-7-17/h2-4,6-11H,5,12-15H2,1H3,(H,21,23)(H,22,24). The minimum Gasteiger partial charge on any atom is -0.377 e. The smallest absolute Gasteiger partial charge is 0.251 e. The average molecular weight is 340 g/mol. The third kappa shape index (κ3) is 7.18. The number of rotatable bonds is 9. The van der Waals surface area contributed by atoms with E-state index in [0.717, 1.165) is 17.5 Å². The van der Waals surface area contributed by atoms with E-state index in [1.807, 2.05) is 49.4 Å². The van der Waals surface area contributed by atoms with Gasteiger partial charge in [0.05, 0.1) is 13.2 Å². The Morgan fingerprint density at radius 1 is 0.960 bits per heavy atom. The highest BCUT2D eigenvalue weighted by Crippen LogP contribution is 2.02. The van der Waals surface area contributed by atoms with Crippen LogP contribution in [0.25, 0.3) is 0 Å². The summed E-state index contributed by atoms with van der Waals surface area (Å²) < 4.78 is 5.55. The second-order valence-corrected chi connectivity index (χ2v) is 5.79. The molecule has 25 heavy (non-hydrogen) atoms. The van der Waals surface area contributed by atoms with E-state index in [4.69, 9.17) is 4.74 Å². The largest absolute Gasteiger partial charge is 0.377 e. The van der Waals surface area contributed by atoms with Gasteiger partial charge in [-0.05, 0) is 31.0 Å². The summed E-state index contributed by atoms with van der Waals surface area (Å²) in [5, 5.41) is 5.37. The molecule has 0 saturated heterocycles. The first kappa shape index (κ1) is 18.7. The number of hydrogen-bond donors (Lipinski definition) is 2. The third-order valence-corrected chi connectivity index (χ3v) is 3.62. The van der Waals surface area contributed by atoms with Crippen LogP contribution >= 0.6 is 0 Å². The Hall–Kier alpha value is -2.66. The van der Waals surface area contributed by atoms with Crippen LogP contribution in [0.3, 0.4) is 0 Å². The number of benzene rings is 2. The van der Waals surface area contributed by atoms with Crippen molar-refractivity contribution in [1.29, 1.82) is 0 Å². The quantitative estimate of drug-likeness (QED) is 0.689. The van der Waals surface area contributed by atoms with Gasteiger partial charge in [0, 0.05) is 18.7 Å². The normalized spacial score (nSPS) is 10.3. The first-order valence-electron chi connectivity index (χ1n) is 8.38. The molecule has 2 aromatic rings. The van der Waals surface area contributed by atoms with E-state index in [-0.39, 0.29) is 18.4 Å². The number of carbonyl (C=O) groups is 2. The number of hydrogen-bond acceptors (Lipinski definition) is 3. The van der Waals surface area contributed by atoms with E-state index in [1.165, 1.54) is 0 Å². The third-order valence-electron chi connectivity index (χ3n) is 3.62. The summed E-state index contributed by atoms with van der Waals surface area (Å²) in [6, 6.07) is 17.2. The summed E-state index contributed by atoms with van der Waals surface area (Å²) in [7, 11) is 0. The molecule has 0 atom stereocenters. The van der Waals surface area contributed by atoms with Gasteiger partial charge in [0.25, 0.3) is 5.91 Å². The zero-order chi connectivity index (χ0) is 17.9. The van der Waals surface area contributed by atoms with Crippen LogP contribution in [0.4, 0.5) is 0 Å². The molecule has 0 saturated carbocycles. The molecule has 2 aromatic carbocycles. The van der Waals surface area contributed by atoms with Gasteiger partial charge in [-0.2, -0.15) is 0 Å². The van der Waals surface area contributed by atoms with Crippen molar-refractivity contribution in [2.75, 3.05) is 19.7 Å². The molecule has 2 rings (SSSR count). The fraction of sp³-hybridized carbons (Fsp3) is 0.300. The molecule has 0 aliphatic carbocycles. The fourth-order valence-corrected chi connectivity index (χ4v) is 2.20. The lowest BCUT2D eigenvalue weighted by Gasteiger charge is -2.08. The highest BCUT2D eigenvalue weighted by atomic mass is 16.5. The molecule has 2 amide bonds. The molecule has 0 aromatic heterocycles. The van der Waals surface area contributed by atoms with Crippen molar-refractivity contribution < 1.29 is 14.3 Å². The summed E-state index contributed by atoms with van der Waals surface area (Å²) in [6.07, 6.45) is 0.727. The van der Waals surface area contributed by atoms with E-state index in [2.05, 4.69) is 10.6 Å². The molecule has 0 bridgehead atoms. The maximum absolute atomic E-state index is 11.9. The maximum Gasteiger partial charge on any atom is 0.251 e. The number of nitrogens with one attached hydrogen (secondary N) is 2. The van der Waals surface area contributed by atoms with Crippen LogP contribution in [-0.4, -0.2) is 31.5 Å². The van der Waals surface area contributed by atoms with Gasteiger partial charge in [-0.1, -0.05) is 48.0 Å². The monoisotopic (exact) mass is 340 g/mol. The van der Waals surface area contributed by atoms with Gasteiger partial charge in [-0.3, -0.25) is 9.59 Å². The predicted molar refractivity (Wildman–Crippen MR) is 97.2 cm³/mol. The molecule has 5 heteroatoms. The zero-order valence-electron chi connectivity index (χ0n) is 14.5. The molecular formula is C20H24N2O3. The van der Waals surface area contributed by atoms with Crippen LogP contribution in [0, 0.1) is 6.92 Å². The van der Waals surface area contributed by atoms with E-state index in [0.29, 0.717) is 25.3 Å². The van der Waals surface area contributed by atoms with Crippen molar-refractivity contribution in [2.24, 2.45) is 0 Å². The number of ether oxygens (including phenoxy) is 1. The van der Waals surface area contributed by atoms with Crippen LogP contribution in [0.15, 0.2) is 54.6 Å². The molecule has 0 spiro atoms. The molecule has 0 unspecified atom stereocenters. The molecule has 0 radical (unpaired) electrons. The van der Waals surface area contributed by atoms with Gasteiger partial charge in [0.2, 0.25) is 5.91 Å². The van der Waals surface area contributed by atoms with Gasteiger partial charge in [0.15, 0.2) is 0 Å². The average Bonchev–Trinajstić information content (AvgIpc) is 2.64. The van der Waals surface area contributed by atoms with Crippen molar-refractivity contribution in [3.63, 3.8) is 0 Å². The van der Waals surface area contributed by atoms with Crippen LogP contribution < -0.4 is 10.6 Å². The zero-order valence-corrected chi connectivity index (χ0v) is 14.5. The molecule has 5 nitrogen and oxygen atoms in total. The Morgan fingerprint density at radius 3 is 2.40 bits per heavy atom. The summed E-state index contributed by atoms with van der Waals surface area (Å²) in [4.78, 5) is 23.6. The van der Waals surface area contributed by atoms with Gasteiger partial charge in [-0.25, -0.2) is 0 Å². The van der Waals surface area contributed by atoms with Crippen LogP contribution in [0.1, 0.15) is 27.9 Å². The van der Waals surface area contributed by atoms with E-state index in [9.17, 15) is 9.59 Å². The summed E-state index contributed by atoms with van der Waals surface area (Å²) in [5.41, 5.74) is 2.77. The van der Waals surface area contributed by atoms with Crippen molar-refractivity contribution in [1.82, 2.24) is 10.6 Å². The van der Waals surface area contributed by atoms with Crippen LogP contribution in [0.5, 0.6) is 0 Å². The SMILES string of the molecule is Cc1ccc(C(=O)NCC(=O)NCCCOCc2ccccc2)cc1. The molecular weight excluding hydrogens is 316 g/mol. The first-order chi connectivity index (χ1) is 12.1. The molecule has 0 aliphatic heterocycles. The van der Waals surface area contributed by atoms with Gasteiger partial charge >= 0.3 is 0 Å². The minimum absolute atomic E-state index is 0.0302. The first-order valence-corrected chi connectivity index (χ1v) is 8.38. The fourth-order valence-electron chi connectivity index (χ4n) is 2.20. The van der Waals surface area contributed by atoms with E-state index < -0.39 is 0 Å². The molecule has 2 N–H and O–H groups in total. The van der Waals surface area contributed by atoms with Crippen LogP contribution in [0.2, 0.25) is 0 Å². The van der Waals surface area contributed by atoms with E-state index in [1.54, 1.807) is 12.1 Å². The Kier molecular flexibility index (Phi) is 7.66. The second kappa shape index (κ2) is 10.3. The highest BCUT2D eigenvalue weighted by Gasteiger charge is 2.07. The predicted octanol–water partition coefficient (Wildman–Crippen LogP) is 2.45.